The minimum atomic E-state index is -0.437. The fourth-order valence-electron chi connectivity index (χ4n) is 3.62. The van der Waals surface area contributed by atoms with Gasteiger partial charge in [-0.05, 0) is 6.42 Å². The van der Waals surface area contributed by atoms with Gasteiger partial charge in [-0.25, -0.2) is 9.97 Å². The molecule has 0 bridgehead atoms. The fourth-order valence-corrected chi connectivity index (χ4v) is 3.62. The van der Waals surface area contributed by atoms with Crippen LogP contribution in [0.5, 0.6) is 0 Å². The second-order valence-corrected chi connectivity index (χ2v) is 7.15. The molecule has 0 unspecified atom stereocenters. The predicted molar refractivity (Wildman–Crippen MR) is 106 cm³/mol. The topological polar surface area (TPSA) is 76.6 Å². The lowest BCUT2D eigenvalue weighted by Crippen LogP contribution is -2.45. The van der Waals surface area contributed by atoms with Gasteiger partial charge in [0.15, 0.2) is 11.6 Å². The molecule has 7 heteroatoms. The van der Waals surface area contributed by atoms with Crippen LogP contribution in [0.3, 0.4) is 0 Å². The van der Waals surface area contributed by atoms with Crippen LogP contribution in [0.2, 0.25) is 0 Å². The van der Waals surface area contributed by atoms with Crippen LogP contribution in [0.1, 0.15) is 36.7 Å². The minimum absolute atomic E-state index is 0.168. The standard InChI is InChI=1S/C21H26N4O3/c1-2-10-22-20(26)17-15-18(24-19(23-17)16-6-4-3-5-7-16)25-11-8-21(9-12-25)27-13-14-28-21/h3-7,15H,2,8-14H2,1H3,(H,22,26). The monoisotopic (exact) mass is 382 g/mol. The summed E-state index contributed by atoms with van der Waals surface area (Å²) in [6, 6.07) is 11.5. The van der Waals surface area contributed by atoms with E-state index in [1.807, 2.05) is 37.3 Å². The lowest BCUT2D eigenvalue weighted by atomic mass is 10.0. The summed E-state index contributed by atoms with van der Waals surface area (Å²) in [5.41, 5.74) is 1.29. The largest absolute Gasteiger partial charge is 0.356 e. The first-order chi connectivity index (χ1) is 13.7. The number of nitrogens with one attached hydrogen (secondary N) is 1. The van der Waals surface area contributed by atoms with E-state index in [9.17, 15) is 4.79 Å². The van der Waals surface area contributed by atoms with Crippen molar-refractivity contribution < 1.29 is 14.3 Å². The molecule has 2 aromatic rings. The maximum absolute atomic E-state index is 12.6. The molecule has 2 aliphatic rings. The Morgan fingerprint density at radius 3 is 2.54 bits per heavy atom. The van der Waals surface area contributed by atoms with Crippen molar-refractivity contribution in [3.63, 3.8) is 0 Å². The average molecular weight is 382 g/mol. The third kappa shape index (κ3) is 4.00. The Morgan fingerprint density at radius 2 is 1.86 bits per heavy atom. The first-order valence-electron chi connectivity index (χ1n) is 9.95. The van der Waals surface area contributed by atoms with Gasteiger partial charge in [0.1, 0.15) is 11.5 Å². The van der Waals surface area contributed by atoms with Gasteiger partial charge in [0.25, 0.3) is 5.91 Å². The molecule has 7 nitrogen and oxygen atoms in total. The summed E-state index contributed by atoms with van der Waals surface area (Å²) < 4.78 is 11.6. The van der Waals surface area contributed by atoms with Gasteiger partial charge in [0.05, 0.1) is 13.2 Å². The highest BCUT2D eigenvalue weighted by molar-refractivity contribution is 5.93. The summed E-state index contributed by atoms with van der Waals surface area (Å²) in [5.74, 6) is 0.725. The first kappa shape index (κ1) is 18.8. The van der Waals surface area contributed by atoms with Gasteiger partial charge in [0, 0.05) is 44.1 Å². The smallest absolute Gasteiger partial charge is 0.270 e. The van der Waals surface area contributed by atoms with Gasteiger partial charge in [-0.3, -0.25) is 4.79 Å². The molecule has 2 fully saturated rings. The van der Waals surface area contributed by atoms with E-state index in [0.29, 0.717) is 31.3 Å². The lowest BCUT2D eigenvalue weighted by molar-refractivity contribution is -0.169. The molecule has 0 radical (unpaired) electrons. The van der Waals surface area contributed by atoms with E-state index in [2.05, 4.69) is 15.2 Å². The van der Waals surface area contributed by atoms with Crippen LogP contribution in [-0.2, 0) is 9.47 Å². The second-order valence-electron chi connectivity index (χ2n) is 7.15. The number of benzene rings is 1. The fraction of sp³-hybridized carbons (Fsp3) is 0.476. The van der Waals surface area contributed by atoms with Gasteiger partial charge in [-0.2, -0.15) is 0 Å². The van der Waals surface area contributed by atoms with Crippen molar-refractivity contribution in [2.24, 2.45) is 0 Å². The normalized spacial score (nSPS) is 18.4. The van der Waals surface area contributed by atoms with Crippen LogP contribution in [0.4, 0.5) is 5.82 Å². The highest BCUT2D eigenvalue weighted by Crippen LogP contribution is 2.33. The summed E-state index contributed by atoms with van der Waals surface area (Å²) in [7, 11) is 0. The van der Waals surface area contributed by atoms with Gasteiger partial charge < -0.3 is 19.7 Å². The molecule has 1 aromatic carbocycles. The second kappa shape index (κ2) is 8.24. The molecule has 3 heterocycles. The molecule has 0 saturated carbocycles. The van der Waals surface area contributed by atoms with Gasteiger partial charge in [-0.1, -0.05) is 37.3 Å². The van der Waals surface area contributed by atoms with E-state index < -0.39 is 5.79 Å². The average Bonchev–Trinajstić information content (AvgIpc) is 3.20. The lowest BCUT2D eigenvalue weighted by Gasteiger charge is -2.38. The highest BCUT2D eigenvalue weighted by atomic mass is 16.7. The molecular formula is C21H26N4O3. The zero-order valence-corrected chi connectivity index (χ0v) is 16.2. The molecule has 2 saturated heterocycles. The minimum Gasteiger partial charge on any atom is -0.356 e. The van der Waals surface area contributed by atoms with E-state index in [1.54, 1.807) is 6.07 Å². The van der Waals surface area contributed by atoms with Crippen LogP contribution in [0.25, 0.3) is 11.4 Å². The number of ether oxygens (including phenoxy) is 2. The molecule has 1 amide bonds. The Labute approximate surface area is 165 Å². The summed E-state index contributed by atoms with van der Waals surface area (Å²) in [6.45, 7) is 5.50. The molecule has 0 aliphatic carbocycles. The van der Waals surface area contributed by atoms with Crippen molar-refractivity contribution in [3.05, 3.63) is 42.1 Å². The van der Waals surface area contributed by atoms with E-state index in [-0.39, 0.29) is 5.91 Å². The van der Waals surface area contributed by atoms with Crippen molar-refractivity contribution in [2.75, 3.05) is 37.7 Å². The zero-order chi connectivity index (χ0) is 19.4. The first-order valence-corrected chi connectivity index (χ1v) is 9.95. The quantitative estimate of drug-likeness (QED) is 0.857. The van der Waals surface area contributed by atoms with Gasteiger partial charge in [-0.15, -0.1) is 0 Å². The SMILES string of the molecule is CCCNC(=O)c1cc(N2CCC3(CC2)OCCO3)nc(-c2ccccc2)n1. The Kier molecular flexibility index (Phi) is 5.54. The number of carbonyl (C=O) groups is 1. The van der Waals surface area contributed by atoms with Crippen molar-refractivity contribution in [1.29, 1.82) is 0 Å². The molecule has 4 rings (SSSR count). The molecule has 1 aromatic heterocycles. The number of hydrogen-bond donors (Lipinski definition) is 1. The predicted octanol–water partition coefficient (Wildman–Crippen LogP) is 2.63. The number of nitrogens with zero attached hydrogens (tertiary/aromatic N) is 3. The maximum atomic E-state index is 12.6. The van der Waals surface area contributed by atoms with Gasteiger partial charge in [0.2, 0.25) is 0 Å². The zero-order valence-electron chi connectivity index (χ0n) is 16.2. The number of anilines is 1. The van der Waals surface area contributed by atoms with Crippen molar-refractivity contribution in [3.8, 4) is 11.4 Å². The maximum Gasteiger partial charge on any atom is 0.270 e. The van der Waals surface area contributed by atoms with E-state index >= 15 is 0 Å². The van der Waals surface area contributed by atoms with Crippen LogP contribution in [-0.4, -0.2) is 54.5 Å². The molecule has 28 heavy (non-hydrogen) atoms. The Hall–Kier alpha value is -2.51. The summed E-state index contributed by atoms with van der Waals surface area (Å²) in [5, 5.41) is 2.91. The number of rotatable bonds is 5. The Morgan fingerprint density at radius 1 is 1.14 bits per heavy atom. The number of hydrogen-bond acceptors (Lipinski definition) is 6. The van der Waals surface area contributed by atoms with E-state index in [0.717, 1.165) is 43.7 Å². The van der Waals surface area contributed by atoms with Crippen molar-refractivity contribution in [1.82, 2.24) is 15.3 Å². The molecule has 0 atom stereocenters. The number of aromatic nitrogens is 2. The summed E-state index contributed by atoms with van der Waals surface area (Å²) in [4.78, 5) is 24.0. The van der Waals surface area contributed by atoms with Gasteiger partial charge >= 0.3 is 0 Å². The Balaban J connectivity index is 1.61. The molecule has 148 valence electrons. The molecule has 1 spiro atoms. The highest BCUT2D eigenvalue weighted by Gasteiger charge is 2.40. The third-order valence-corrected chi connectivity index (χ3v) is 5.18. The van der Waals surface area contributed by atoms with Crippen LogP contribution in [0, 0.1) is 0 Å². The third-order valence-electron chi connectivity index (χ3n) is 5.18. The molecular weight excluding hydrogens is 356 g/mol. The molecule has 2 aliphatic heterocycles. The summed E-state index contributed by atoms with van der Waals surface area (Å²) >= 11 is 0. The van der Waals surface area contributed by atoms with E-state index in [4.69, 9.17) is 14.5 Å². The van der Waals surface area contributed by atoms with E-state index in [1.165, 1.54) is 0 Å². The number of piperidine rings is 1. The number of amides is 1. The van der Waals surface area contributed by atoms with Crippen LogP contribution in [0.15, 0.2) is 36.4 Å². The van der Waals surface area contributed by atoms with Crippen LogP contribution >= 0.6 is 0 Å². The van der Waals surface area contributed by atoms with Crippen LogP contribution < -0.4 is 10.2 Å². The van der Waals surface area contributed by atoms with Crippen molar-refractivity contribution in [2.45, 2.75) is 32.0 Å². The Bertz CT molecular complexity index is 812. The number of carbonyl (C=O) groups excluding carboxylic acids is 1. The summed E-state index contributed by atoms with van der Waals surface area (Å²) in [6.07, 6.45) is 2.45. The molecule has 1 N–H and O–H groups in total. The van der Waals surface area contributed by atoms with Crippen molar-refractivity contribution >= 4 is 11.7 Å².